The van der Waals surface area contributed by atoms with Gasteiger partial charge < -0.3 is 5.32 Å². The van der Waals surface area contributed by atoms with Crippen LogP contribution >= 0.6 is 11.3 Å². The second-order valence-corrected chi connectivity index (χ2v) is 5.47. The van der Waals surface area contributed by atoms with Gasteiger partial charge in [-0.2, -0.15) is 11.3 Å². The third-order valence-corrected chi connectivity index (χ3v) is 4.20. The molecule has 1 unspecified atom stereocenters. The van der Waals surface area contributed by atoms with E-state index in [0.29, 0.717) is 6.04 Å². The Balaban J connectivity index is 2.33. The fourth-order valence-electron chi connectivity index (χ4n) is 2.38. The first kappa shape index (κ1) is 13.3. The van der Waals surface area contributed by atoms with E-state index in [1.54, 1.807) is 11.3 Å². The van der Waals surface area contributed by atoms with Gasteiger partial charge in [0.05, 0.1) is 6.04 Å². The number of thiophene rings is 1. The van der Waals surface area contributed by atoms with Gasteiger partial charge in [0.1, 0.15) is 0 Å². The summed E-state index contributed by atoms with van der Waals surface area (Å²) >= 11 is 1.78. The predicted octanol–water partition coefficient (Wildman–Crippen LogP) is 4.32. The van der Waals surface area contributed by atoms with Gasteiger partial charge in [-0.1, -0.05) is 37.6 Å². The molecule has 1 aromatic carbocycles. The zero-order chi connectivity index (χ0) is 13.0. The van der Waals surface area contributed by atoms with Gasteiger partial charge in [-0.15, -0.1) is 0 Å². The summed E-state index contributed by atoms with van der Waals surface area (Å²) in [5.74, 6) is 0. The molecular formula is C16H21NS. The molecule has 0 radical (unpaired) electrons. The zero-order valence-electron chi connectivity index (χ0n) is 11.4. The summed E-state index contributed by atoms with van der Waals surface area (Å²) in [5.41, 5.74) is 5.57. The first-order chi connectivity index (χ1) is 8.76. The Morgan fingerprint density at radius 2 is 2.11 bits per heavy atom. The van der Waals surface area contributed by atoms with Crippen molar-refractivity contribution in [2.24, 2.45) is 0 Å². The molecule has 2 heteroatoms. The highest BCUT2D eigenvalue weighted by Gasteiger charge is 2.14. The van der Waals surface area contributed by atoms with E-state index in [-0.39, 0.29) is 0 Å². The van der Waals surface area contributed by atoms with Gasteiger partial charge in [0.2, 0.25) is 0 Å². The maximum atomic E-state index is 3.44. The summed E-state index contributed by atoms with van der Waals surface area (Å²) in [6.07, 6.45) is 2.36. The summed E-state index contributed by atoms with van der Waals surface area (Å²) in [4.78, 5) is 0. The van der Waals surface area contributed by atoms with Gasteiger partial charge in [-0.25, -0.2) is 0 Å². The predicted molar refractivity (Wildman–Crippen MR) is 80.4 cm³/mol. The average Bonchev–Trinajstić information content (AvgIpc) is 2.78. The van der Waals surface area contributed by atoms with Gasteiger partial charge in [0.25, 0.3) is 0 Å². The minimum atomic E-state index is 0.313. The van der Waals surface area contributed by atoms with Gasteiger partial charge in [0, 0.05) is 0 Å². The largest absolute Gasteiger partial charge is 0.309 e. The highest BCUT2D eigenvalue weighted by atomic mass is 32.1. The SMILES string of the molecule is CCCc1cccc(C(NC)c2cscc2C)c1. The summed E-state index contributed by atoms with van der Waals surface area (Å²) in [6, 6.07) is 9.26. The van der Waals surface area contributed by atoms with Crippen LogP contribution in [0.5, 0.6) is 0 Å². The fourth-order valence-corrected chi connectivity index (χ4v) is 3.26. The van der Waals surface area contributed by atoms with Crippen molar-refractivity contribution in [3.8, 4) is 0 Å². The van der Waals surface area contributed by atoms with Crippen molar-refractivity contribution in [2.75, 3.05) is 7.05 Å². The van der Waals surface area contributed by atoms with Gasteiger partial charge in [-0.3, -0.25) is 0 Å². The second-order valence-electron chi connectivity index (χ2n) is 4.73. The van der Waals surface area contributed by atoms with Crippen molar-refractivity contribution >= 4 is 11.3 Å². The van der Waals surface area contributed by atoms with Crippen LogP contribution in [0.2, 0.25) is 0 Å². The lowest BCUT2D eigenvalue weighted by Gasteiger charge is -2.18. The summed E-state index contributed by atoms with van der Waals surface area (Å²) in [7, 11) is 2.04. The Bertz CT molecular complexity index is 501. The molecule has 1 heterocycles. The molecule has 0 saturated heterocycles. The summed E-state index contributed by atoms with van der Waals surface area (Å²) in [5, 5.41) is 7.91. The van der Waals surface area contributed by atoms with Crippen LogP contribution in [-0.4, -0.2) is 7.05 Å². The zero-order valence-corrected chi connectivity index (χ0v) is 12.2. The number of rotatable bonds is 5. The van der Waals surface area contributed by atoms with Crippen LogP contribution in [0.4, 0.5) is 0 Å². The second kappa shape index (κ2) is 6.17. The Morgan fingerprint density at radius 1 is 1.28 bits per heavy atom. The van der Waals surface area contributed by atoms with Crippen molar-refractivity contribution in [3.63, 3.8) is 0 Å². The van der Waals surface area contributed by atoms with Crippen molar-refractivity contribution in [2.45, 2.75) is 32.7 Å². The van der Waals surface area contributed by atoms with Crippen molar-refractivity contribution in [1.82, 2.24) is 5.32 Å². The van der Waals surface area contributed by atoms with E-state index in [1.165, 1.54) is 28.7 Å². The molecule has 18 heavy (non-hydrogen) atoms. The minimum Gasteiger partial charge on any atom is -0.309 e. The maximum absolute atomic E-state index is 3.44. The summed E-state index contributed by atoms with van der Waals surface area (Å²) < 4.78 is 0. The van der Waals surface area contributed by atoms with E-state index in [0.717, 1.165) is 6.42 Å². The van der Waals surface area contributed by atoms with Gasteiger partial charge in [0.15, 0.2) is 0 Å². The molecule has 96 valence electrons. The molecule has 0 bridgehead atoms. The molecule has 0 aliphatic carbocycles. The maximum Gasteiger partial charge on any atom is 0.0585 e. The third-order valence-electron chi connectivity index (χ3n) is 3.32. The van der Waals surface area contributed by atoms with Crippen LogP contribution in [0.1, 0.15) is 41.6 Å². The smallest absolute Gasteiger partial charge is 0.0585 e. The molecule has 1 N–H and O–H groups in total. The number of benzene rings is 1. The van der Waals surface area contributed by atoms with Gasteiger partial charge in [-0.05, 0) is 53.4 Å². The standard InChI is InChI=1S/C16H21NS/c1-4-6-13-7-5-8-14(9-13)16(17-3)15-11-18-10-12(15)2/h5,7-11,16-17H,4,6H2,1-3H3. The molecule has 0 fully saturated rings. The highest BCUT2D eigenvalue weighted by Crippen LogP contribution is 2.27. The van der Waals surface area contributed by atoms with Crippen LogP contribution in [0.15, 0.2) is 35.0 Å². The number of aryl methyl sites for hydroxylation is 2. The molecule has 1 atom stereocenters. The van der Waals surface area contributed by atoms with Crippen LogP contribution in [0, 0.1) is 6.92 Å². The molecule has 0 aliphatic heterocycles. The lowest BCUT2D eigenvalue weighted by Crippen LogP contribution is -2.18. The molecule has 0 saturated carbocycles. The number of hydrogen-bond acceptors (Lipinski definition) is 2. The minimum absolute atomic E-state index is 0.313. The number of hydrogen-bond donors (Lipinski definition) is 1. The Morgan fingerprint density at radius 3 is 2.72 bits per heavy atom. The summed E-state index contributed by atoms with van der Waals surface area (Å²) in [6.45, 7) is 4.41. The quantitative estimate of drug-likeness (QED) is 0.843. The van der Waals surface area contributed by atoms with Crippen molar-refractivity contribution < 1.29 is 0 Å². The van der Waals surface area contributed by atoms with E-state index in [1.807, 2.05) is 7.05 Å². The monoisotopic (exact) mass is 259 g/mol. The van der Waals surface area contributed by atoms with E-state index >= 15 is 0 Å². The highest BCUT2D eigenvalue weighted by molar-refractivity contribution is 7.08. The van der Waals surface area contributed by atoms with Crippen LogP contribution in [-0.2, 0) is 6.42 Å². The van der Waals surface area contributed by atoms with Crippen LogP contribution < -0.4 is 5.32 Å². The van der Waals surface area contributed by atoms with Crippen molar-refractivity contribution in [1.29, 1.82) is 0 Å². The molecule has 2 aromatic rings. The molecule has 1 nitrogen and oxygen atoms in total. The van der Waals surface area contributed by atoms with Gasteiger partial charge >= 0.3 is 0 Å². The molecular weight excluding hydrogens is 238 g/mol. The Kier molecular flexibility index (Phi) is 4.56. The van der Waals surface area contributed by atoms with E-state index in [9.17, 15) is 0 Å². The Labute approximate surface area is 114 Å². The lowest BCUT2D eigenvalue weighted by molar-refractivity contribution is 0.689. The van der Waals surface area contributed by atoms with Crippen molar-refractivity contribution in [3.05, 3.63) is 57.3 Å². The Hall–Kier alpha value is -1.12. The van der Waals surface area contributed by atoms with Crippen LogP contribution in [0.3, 0.4) is 0 Å². The lowest BCUT2D eigenvalue weighted by atomic mass is 9.96. The molecule has 0 amide bonds. The first-order valence-corrected chi connectivity index (χ1v) is 7.49. The topological polar surface area (TPSA) is 12.0 Å². The normalized spacial score (nSPS) is 12.6. The fraction of sp³-hybridized carbons (Fsp3) is 0.375. The first-order valence-electron chi connectivity index (χ1n) is 6.55. The number of nitrogens with one attached hydrogen (secondary N) is 1. The third kappa shape index (κ3) is 2.82. The van der Waals surface area contributed by atoms with E-state index < -0.39 is 0 Å². The molecule has 2 rings (SSSR count). The molecule has 1 aromatic heterocycles. The van der Waals surface area contributed by atoms with E-state index in [2.05, 4.69) is 54.2 Å². The molecule has 0 aliphatic rings. The molecule has 0 spiro atoms. The van der Waals surface area contributed by atoms with E-state index in [4.69, 9.17) is 0 Å². The van der Waals surface area contributed by atoms with Crippen LogP contribution in [0.25, 0.3) is 0 Å². The average molecular weight is 259 g/mol.